The predicted molar refractivity (Wildman–Crippen MR) is 103 cm³/mol. The Morgan fingerprint density at radius 3 is 2.64 bits per heavy atom. The molecule has 0 aromatic carbocycles. The van der Waals surface area contributed by atoms with Gasteiger partial charge in [0.2, 0.25) is 5.88 Å². The molecule has 2 amide bonds. The van der Waals surface area contributed by atoms with E-state index in [1.54, 1.807) is 10.7 Å². The van der Waals surface area contributed by atoms with Gasteiger partial charge in [-0.3, -0.25) is 0 Å². The topological polar surface area (TPSA) is 80.5 Å². The highest BCUT2D eigenvalue weighted by atomic mass is 35.5. The summed E-state index contributed by atoms with van der Waals surface area (Å²) in [6.45, 7) is 2.97. The maximum Gasteiger partial charge on any atom is 0.388 e. The molecule has 3 rings (SSSR count). The monoisotopic (exact) mass is 409 g/mol. The Balaban J connectivity index is 1.80. The smallest absolute Gasteiger partial charge is 0.388 e. The van der Waals surface area contributed by atoms with Crippen LogP contribution in [0.4, 0.5) is 25.0 Å². The van der Waals surface area contributed by atoms with Crippen molar-refractivity contribution >= 4 is 34.5 Å². The Kier molecular flexibility index (Phi) is 5.64. The van der Waals surface area contributed by atoms with E-state index in [1.165, 1.54) is 12.3 Å². The van der Waals surface area contributed by atoms with Crippen LogP contribution in [0, 0.1) is 6.92 Å². The molecule has 0 saturated carbocycles. The summed E-state index contributed by atoms with van der Waals surface area (Å²) in [7, 11) is 0. The number of carbonyl (C=O) groups excluding carboxylic acids is 1. The molecular formula is C18H18ClF2N5O2. The summed E-state index contributed by atoms with van der Waals surface area (Å²) in [6, 6.07) is 2.72. The maximum atomic E-state index is 12.4. The molecule has 0 aliphatic carbocycles. The Bertz CT molecular complexity index is 1020. The van der Waals surface area contributed by atoms with Gasteiger partial charge in [-0.25, -0.2) is 14.3 Å². The number of anilines is 2. The molecule has 0 radical (unpaired) electrons. The molecule has 0 atom stereocenters. The second kappa shape index (κ2) is 7.97. The van der Waals surface area contributed by atoms with Crippen molar-refractivity contribution in [1.29, 1.82) is 0 Å². The zero-order valence-corrected chi connectivity index (χ0v) is 16.1. The van der Waals surface area contributed by atoms with Crippen molar-refractivity contribution in [3.8, 4) is 5.88 Å². The summed E-state index contributed by atoms with van der Waals surface area (Å²) in [6.07, 6.45) is 4.65. The Morgan fingerprint density at radius 2 is 2.00 bits per heavy atom. The van der Waals surface area contributed by atoms with Gasteiger partial charge in [0.1, 0.15) is 5.02 Å². The Morgan fingerprint density at radius 1 is 1.25 bits per heavy atom. The quantitative estimate of drug-likeness (QED) is 0.617. The largest absolute Gasteiger partial charge is 0.415 e. The van der Waals surface area contributed by atoms with Crippen molar-refractivity contribution in [1.82, 2.24) is 14.6 Å². The van der Waals surface area contributed by atoms with Crippen LogP contribution in [0.5, 0.6) is 5.88 Å². The molecule has 3 aromatic heterocycles. The van der Waals surface area contributed by atoms with E-state index in [0.717, 1.165) is 16.6 Å². The summed E-state index contributed by atoms with van der Waals surface area (Å²) in [5.41, 5.74) is 3.69. The van der Waals surface area contributed by atoms with Crippen molar-refractivity contribution in [2.45, 2.75) is 33.3 Å². The van der Waals surface area contributed by atoms with Crippen molar-refractivity contribution in [2.24, 2.45) is 0 Å². The fourth-order valence-corrected chi connectivity index (χ4v) is 3.07. The number of carbonyl (C=O) groups is 1. The van der Waals surface area contributed by atoms with Gasteiger partial charge in [-0.1, -0.05) is 25.4 Å². The first-order chi connectivity index (χ1) is 13.2. The summed E-state index contributed by atoms with van der Waals surface area (Å²) in [5.74, 6) is -0.278. The molecule has 0 saturated heterocycles. The number of aryl methyl sites for hydroxylation is 1. The van der Waals surface area contributed by atoms with E-state index in [-0.39, 0.29) is 16.6 Å². The lowest BCUT2D eigenvalue weighted by molar-refractivity contribution is -0.0527. The number of halogens is 3. The summed E-state index contributed by atoms with van der Waals surface area (Å²) < 4.78 is 30.5. The van der Waals surface area contributed by atoms with Gasteiger partial charge < -0.3 is 15.4 Å². The molecule has 3 heterocycles. The van der Waals surface area contributed by atoms with E-state index >= 15 is 0 Å². The van der Waals surface area contributed by atoms with E-state index in [0.29, 0.717) is 5.69 Å². The van der Waals surface area contributed by atoms with Crippen LogP contribution in [0.3, 0.4) is 0 Å². The standard InChI is InChI=1S/C18H18ClF2N5O2/c1-9(2)15-13(7-23-26-8-10(3)4-14(15)26)25-18(27)24-11-5-12(19)16(22-6-11)28-17(20)21/h4-9,17H,1-3H3,(H2,24,25,27). The number of fused-ring (bicyclic) bond motifs is 1. The third kappa shape index (κ3) is 4.30. The number of hydrogen-bond donors (Lipinski definition) is 2. The molecule has 2 N–H and O–H groups in total. The second-order valence-electron chi connectivity index (χ2n) is 6.44. The number of alkyl halides is 2. The van der Waals surface area contributed by atoms with Crippen molar-refractivity contribution in [3.63, 3.8) is 0 Å². The SMILES string of the molecule is Cc1cc2c(C(C)C)c(NC(=O)Nc3cnc(OC(F)F)c(Cl)c3)cnn2c1. The van der Waals surface area contributed by atoms with E-state index in [4.69, 9.17) is 11.6 Å². The van der Waals surface area contributed by atoms with Crippen LogP contribution in [-0.4, -0.2) is 27.2 Å². The number of rotatable bonds is 5. The zero-order valence-electron chi connectivity index (χ0n) is 15.3. The summed E-state index contributed by atoms with van der Waals surface area (Å²) in [5, 5.41) is 9.48. The van der Waals surface area contributed by atoms with Crippen molar-refractivity contribution < 1.29 is 18.3 Å². The van der Waals surface area contributed by atoms with Gasteiger partial charge in [0, 0.05) is 11.8 Å². The number of hydrogen-bond acceptors (Lipinski definition) is 4. The van der Waals surface area contributed by atoms with Gasteiger partial charge in [-0.05, 0) is 30.5 Å². The minimum absolute atomic E-state index is 0.136. The lowest BCUT2D eigenvalue weighted by Crippen LogP contribution is -2.21. The molecule has 0 fully saturated rings. The molecular weight excluding hydrogens is 392 g/mol. The van der Waals surface area contributed by atoms with Crippen LogP contribution in [0.15, 0.2) is 30.7 Å². The molecule has 10 heteroatoms. The van der Waals surface area contributed by atoms with Crippen LogP contribution in [-0.2, 0) is 0 Å². The molecule has 0 aliphatic rings. The average Bonchev–Trinajstić information content (AvgIpc) is 2.96. The lowest BCUT2D eigenvalue weighted by Gasteiger charge is -2.16. The first-order valence-corrected chi connectivity index (χ1v) is 8.78. The van der Waals surface area contributed by atoms with Gasteiger partial charge in [-0.15, -0.1) is 0 Å². The van der Waals surface area contributed by atoms with Gasteiger partial charge in [0.05, 0.1) is 29.3 Å². The van der Waals surface area contributed by atoms with E-state index in [9.17, 15) is 13.6 Å². The van der Waals surface area contributed by atoms with Crippen molar-refractivity contribution in [2.75, 3.05) is 10.6 Å². The highest BCUT2D eigenvalue weighted by Crippen LogP contribution is 2.30. The molecule has 28 heavy (non-hydrogen) atoms. The highest BCUT2D eigenvalue weighted by molar-refractivity contribution is 6.32. The first-order valence-electron chi connectivity index (χ1n) is 8.41. The van der Waals surface area contributed by atoms with E-state index in [2.05, 4.69) is 25.5 Å². The lowest BCUT2D eigenvalue weighted by atomic mass is 10.0. The zero-order chi connectivity index (χ0) is 20.4. The number of ether oxygens (including phenoxy) is 1. The number of pyridine rings is 1. The van der Waals surface area contributed by atoms with Gasteiger partial charge in [0.15, 0.2) is 0 Å². The molecule has 7 nitrogen and oxygen atoms in total. The number of amides is 2. The fraction of sp³-hybridized carbons (Fsp3) is 0.278. The van der Waals surface area contributed by atoms with Crippen molar-refractivity contribution in [3.05, 3.63) is 46.9 Å². The van der Waals surface area contributed by atoms with Gasteiger partial charge in [-0.2, -0.15) is 13.9 Å². The molecule has 3 aromatic rings. The molecule has 0 bridgehead atoms. The normalized spacial score (nSPS) is 11.3. The molecule has 0 spiro atoms. The molecule has 148 valence electrons. The van der Waals surface area contributed by atoms with Gasteiger partial charge >= 0.3 is 12.6 Å². The average molecular weight is 410 g/mol. The number of nitrogens with one attached hydrogen (secondary N) is 2. The molecule has 0 unspecified atom stereocenters. The number of aromatic nitrogens is 3. The summed E-state index contributed by atoms with van der Waals surface area (Å²) >= 11 is 5.85. The number of urea groups is 1. The predicted octanol–water partition coefficient (Wildman–Crippen LogP) is 5.06. The highest BCUT2D eigenvalue weighted by Gasteiger charge is 2.16. The first kappa shape index (κ1) is 19.8. The van der Waals surface area contributed by atoms with Crippen LogP contribution >= 0.6 is 11.6 Å². The van der Waals surface area contributed by atoms with Crippen LogP contribution < -0.4 is 15.4 Å². The third-order valence-corrected chi connectivity index (χ3v) is 4.18. The minimum Gasteiger partial charge on any atom is -0.415 e. The van der Waals surface area contributed by atoms with Crippen LogP contribution in [0.1, 0.15) is 30.9 Å². The maximum absolute atomic E-state index is 12.4. The Hall–Kier alpha value is -2.94. The number of nitrogens with zero attached hydrogens (tertiary/aromatic N) is 3. The van der Waals surface area contributed by atoms with E-state index < -0.39 is 18.5 Å². The Labute approximate surface area is 164 Å². The minimum atomic E-state index is -3.04. The van der Waals surface area contributed by atoms with Crippen LogP contribution in [0.25, 0.3) is 5.52 Å². The van der Waals surface area contributed by atoms with E-state index in [1.807, 2.05) is 33.0 Å². The van der Waals surface area contributed by atoms with Gasteiger partial charge in [0.25, 0.3) is 0 Å². The fourth-order valence-electron chi connectivity index (χ4n) is 2.86. The van der Waals surface area contributed by atoms with Crippen LogP contribution in [0.2, 0.25) is 5.02 Å². The second-order valence-corrected chi connectivity index (χ2v) is 6.85. The summed E-state index contributed by atoms with van der Waals surface area (Å²) in [4.78, 5) is 16.1. The molecule has 0 aliphatic heterocycles. The third-order valence-electron chi connectivity index (χ3n) is 3.91.